The van der Waals surface area contributed by atoms with Crippen LogP contribution in [0.1, 0.15) is 15.9 Å². The van der Waals surface area contributed by atoms with Crippen LogP contribution in [0, 0.1) is 6.92 Å². The molecule has 0 fully saturated rings. The fraction of sp³-hybridized carbons (Fsp3) is 0.167. The smallest absolute Gasteiger partial charge is 0.335 e. The van der Waals surface area contributed by atoms with Crippen molar-refractivity contribution in [1.82, 2.24) is 0 Å². The van der Waals surface area contributed by atoms with E-state index in [4.69, 9.17) is 9.88 Å². The van der Waals surface area contributed by atoms with Crippen molar-refractivity contribution >= 4 is 21.7 Å². The van der Waals surface area contributed by atoms with Gasteiger partial charge in [-0.2, -0.15) is 0 Å². The summed E-state index contributed by atoms with van der Waals surface area (Å²) < 4.78 is 30.1. The number of ether oxygens (including phenoxy) is 1. The number of hydrogen-bond acceptors (Lipinski definition) is 5. The van der Waals surface area contributed by atoms with E-state index < -0.39 is 16.0 Å². The van der Waals surface area contributed by atoms with E-state index in [1.54, 1.807) is 12.1 Å². The zero-order chi connectivity index (χ0) is 18.9. The molecule has 0 unspecified atom stereocenters. The number of sulfonamides is 1. The molecule has 0 saturated carbocycles. The van der Waals surface area contributed by atoms with Gasteiger partial charge in [0.2, 0.25) is 10.0 Å². The Bertz CT molecular complexity index is 973. The first kappa shape index (κ1) is 18.0. The maximum Gasteiger partial charge on any atom is 0.335 e. The quantitative estimate of drug-likeness (QED) is 0.778. The molecule has 0 atom stereocenters. The molecule has 0 saturated heterocycles. The highest BCUT2D eigenvalue weighted by Crippen LogP contribution is 2.40. The molecule has 1 heterocycles. The molecule has 0 bridgehead atoms. The molecular formula is C18H18N2O5S. The van der Waals surface area contributed by atoms with Crippen molar-refractivity contribution in [3.8, 4) is 11.5 Å². The van der Waals surface area contributed by atoms with Crippen LogP contribution in [-0.2, 0) is 10.0 Å². The van der Waals surface area contributed by atoms with Crippen molar-refractivity contribution in [3.05, 3.63) is 59.7 Å². The Morgan fingerprint density at radius 1 is 1.15 bits per heavy atom. The van der Waals surface area contributed by atoms with Crippen molar-refractivity contribution in [3.63, 3.8) is 0 Å². The summed E-state index contributed by atoms with van der Waals surface area (Å²) in [5, 5.41) is 14.7. The fourth-order valence-electron chi connectivity index (χ4n) is 2.66. The lowest BCUT2D eigenvalue weighted by Crippen LogP contribution is -2.22. The number of rotatable bonds is 5. The Morgan fingerprint density at radius 2 is 1.77 bits per heavy atom. The van der Waals surface area contributed by atoms with Crippen molar-refractivity contribution in [2.75, 3.05) is 18.0 Å². The number of aromatic carboxylic acids is 1. The monoisotopic (exact) mass is 374 g/mol. The standard InChI is InChI=1S/C18H18N2O5S/c1-12-4-6-14(7-5-12)25-17-15(20-8-2-3-9-20)10-13(18(21)22)11-16(17)26(19,23)24/h2-7,10-11H,8-9H2,1H3,(H,21,22)(H2,19,23,24). The van der Waals surface area contributed by atoms with Gasteiger partial charge < -0.3 is 14.7 Å². The highest BCUT2D eigenvalue weighted by atomic mass is 32.2. The minimum Gasteiger partial charge on any atom is -0.478 e. The van der Waals surface area contributed by atoms with E-state index in [1.165, 1.54) is 6.07 Å². The van der Waals surface area contributed by atoms with Crippen LogP contribution in [0.2, 0.25) is 0 Å². The van der Waals surface area contributed by atoms with E-state index >= 15 is 0 Å². The van der Waals surface area contributed by atoms with Gasteiger partial charge in [0.25, 0.3) is 0 Å². The summed E-state index contributed by atoms with van der Waals surface area (Å²) in [6.07, 6.45) is 3.80. The molecule has 26 heavy (non-hydrogen) atoms. The van der Waals surface area contributed by atoms with E-state index in [1.807, 2.05) is 36.1 Å². The predicted molar refractivity (Wildman–Crippen MR) is 97.4 cm³/mol. The molecule has 0 radical (unpaired) electrons. The summed E-state index contributed by atoms with van der Waals surface area (Å²) >= 11 is 0. The largest absolute Gasteiger partial charge is 0.478 e. The van der Waals surface area contributed by atoms with Crippen molar-refractivity contribution in [2.24, 2.45) is 5.14 Å². The Balaban J connectivity index is 2.20. The summed E-state index contributed by atoms with van der Waals surface area (Å²) in [6.45, 7) is 2.94. The maximum absolute atomic E-state index is 12.1. The molecule has 2 aromatic carbocycles. The Morgan fingerprint density at radius 3 is 2.31 bits per heavy atom. The fourth-order valence-corrected chi connectivity index (χ4v) is 3.35. The van der Waals surface area contributed by atoms with Crippen LogP contribution in [0.25, 0.3) is 0 Å². The third-order valence-electron chi connectivity index (χ3n) is 3.99. The second kappa shape index (κ2) is 6.81. The van der Waals surface area contributed by atoms with Gasteiger partial charge in [-0.25, -0.2) is 18.4 Å². The normalized spacial score (nSPS) is 13.8. The molecule has 0 aromatic heterocycles. The van der Waals surface area contributed by atoms with Crippen molar-refractivity contribution in [2.45, 2.75) is 11.8 Å². The van der Waals surface area contributed by atoms with Crippen LogP contribution in [0.5, 0.6) is 11.5 Å². The molecule has 7 nitrogen and oxygen atoms in total. The number of benzene rings is 2. The van der Waals surface area contributed by atoms with Gasteiger partial charge in [0.1, 0.15) is 10.6 Å². The van der Waals surface area contributed by atoms with Gasteiger partial charge >= 0.3 is 5.97 Å². The minimum absolute atomic E-state index is 0.0186. The summed E-state index contributed by atoms with van der Waals surface area (Å²) in [7, 11) is -4.21. The van der Waals surface area contributed by atoms with E-state index in [2.05, 4.69) is 0 Å². The second-order valence-corrected chi connectivity index (χ2v) is 7.49. The number of aryl methyl sites for hydroxylation is 1. The van der Waals surface area contributed by atoms with Gasteiger partial charge in [-0.3, -0.25) is 0 Å². The van der Waals surface area contributed by atoms with E-state index in [0.717, 1.165) is 11.6 Å². The molecule has 0 spiro atoms. The molecule has 136 valence electrons. The first-order valence-corrected chi connectivity index (χ1v) is 9.39. The van der Waals surface area contributed by atoms with Gasteiger partial charge in [-0.15, -0.1) is 0 Å². The molecule has 3 rings (SSSR count). The van der Waals surface area contributed by atoms with Crippen molar-refractivity contribution < 1.29 is 23.1 Å². The number of nitrogens with zero attached hydrogens (tertiary/aromatic N) is 1. The summed E-state index contributed by atoms with van der Waals surface area (Å²) in [5.74, 6) is -0.799. The van der Waals surface area contributed by atoms with Gasteiger partial charge in [-0.05, 0) is 31.2 Å². The molecule has 1 aliphatic rings. The molecular weight excluding hydrogens is 356 g/mol. The average molecular weight is 374 g/mol. The number of primary sulfonamides is 1. The van der Waals surface area contributed by atoms with Gasteiger partial charge in [0.05, 0.1) is 11.3 Å². The van der Waals surface area contributed by atoms with Crippen LogP contribution >= 0.6 is 0 Å². The van der Waals surface area contributed by atoms with Crippen LogP contribution < -0.4 is 14.8 Å². The predicted octanol–water partition coefficient (Wildman–Crippen LogP) is 2.51. The van der Waals surface area contributed by atoms with Crippen LogP contribution in [0.3, 0.4) is 0 Å². The molecule has 0 amide bonds. The molecule has 3 N–H and O–H groups in total. The number of nitrogens with two attached hydrogens (primary N) is 1. The Hall–Kier alpha value is -2.84. The first-order valence-electron chi connectivity index (χ1n) is 7.84. The molecule has 1 aliphatic heterocycles. The highest BCUT2D eigenvalue weighted by Gasteiger charge is 2.26. The number of carboxylic acid groups (broad SMARTS) is 1. The summed E-state index contributed by atoms with van der Waals surface area (Å²) in [4.78, 5) is 12.9. The van der Waals surface area contributed by atoms with E-state index in [0.29, 0.717) is 24.5 Å². The minimum atomic E-state index is -4.21. The topological polar surface area (TPSA) is 110 Å². The first-order chi connectivity index (χ1) is 12.3. The van der Waals surface area contributed by atoms with E-state index in [-0.39, 0.29) is 16.2 Å². The second-order valence-electron chi connectivity index (χ2n) is 5.96. The Labute approximate surface area is 151 Å². The number of carbonyl (C=O) groups is 1. The molecule has 8 heteroatoms. The lowest BCUT2D eigenvalue weighted by molar-refractivity contribution is 0.0696. The zero-order valence-corrected chi connectivity index (χ0v) is 14.9. The SMILES string of the molecule is Cc1ccc(Oc2c(N3CC=CC3)cc(C(=O)O)cc2S(N)(=O)=O)cc1. The molecule has 2 aromatic rings. The van der Waals surface area contributed by atoms with Crippen molar-refractivity contribution in [1.29, 1.82) is 0 Å². The Kier molecular flexibility index (Phi) is 4.71. The van der Waals surface area contributed by atoms with Crippen LogP contribution in [0.15, 0.2) is 53.4 Å². The van der Waals surface area contributed by atoms with Gasteiger partial charge in [0, 0.05) is 13.1 Å². The summed E-state index contributed by atoms with van der Waals surface area (Å²) in [6, 6.07) is 9.49. The number of hydrogen-bond donors (Lipinski definition) is 2. The van der Waals surface area contributed by atoms with E-state index in [9.17, 15) is 18.3 Å². The lowest BCUT2D eigenvalue weighted by Gasteiger charge is -2.23. The van der Waals surface area contributed by atoms with Gasteiger partial charge in [-0.1, -0.05) is 29.8 Å². The average Bonchev–Trinajstić information content (AvgIpc) is 3.10. The third kappa shape index (κ3) is 3.71. The number of anilines is 1. The number of carboxylic acids is 1. The zero-order valence-electron chi connectivity index (χ0n) is 14.0. The third-order valence-corrected chi connectivity index (χ3v) is 4.90. The maximum atomic E-state index is 12.1. The highest BCUT2D eigenvalue weighted by molar-refractivity contribution is 7.89. The summed E-state index contributed by atoms with van der Waals surface area (Å²) in [5.41, 5.74) is 1.21. The van der Waals surface area contributed by atoms with Gasteiger partial charge in [0.15, 0.2) is 5.75 Å². The lowest BCUT2D eigenvalue weighted by atomic mass is 10.1. The van der Waals surface area contributed by atoms with Crippen LogP contribution in [-0.4, -0.2) is 32.6 Å². The van der Waals surface area contributed by atoms with Crippen LogP contribution in [0.4, 0.5) is 5.69 Å². The molecule has 0 aliphatic carbocycles.